The van der Waals surface area contributed by atoms with Crippen LogP contribution < -0.4 is 0 Å². The van der Waals surface area contributed by atoms with Crippen LogP contribution in [0.3, 0.4) is 0 Å². The Bertz CT molecular complexity index is 1710. The molecule has 0 unspecified atom stereocenters. The number of esters is 3. The highest BCUT2D eigenvalue weighted by Gasteiger charge is 2.43. The van der Waals surface area contributed by atoms with Crippen molar-refractivity contribution >= 4 is 40.9 Å². The number of aliphatic hydroxyl groups is 1. The van der Waals surface area contributed by atoms with Gasteiger partial charge in [0, 0.05) is 33.9 Å². The third kappa shape index (κ3) is 10.1. The Morgan fingerprint density at radius 1 is 0.680 bits per heavy atom. The fourth-order valence-electron chi connectivity index (χ4n) is 5.20. The van der Waals surface area contributed by atoms with E-state index >= 15 is 0 Å². The first-order chi connectivity index (χ1) is 23.1. The summed E-state index contributed by atoms with van der Waals surface area (Å²) < 4.78 is 9.37. The number of hydroxylamine groups is 4. The first-order valence-corrected chi connectivity index (χ1v) is 16.3. The minimum Gasteiger partial charge on any atom is -0.508 e. The lowest BCUT2D eigenvalue weighted by Gasteiger charge is -2.39. The van der Waals surface area contributed by atoms with Gasteiger partial charge in [0.2, 0.25) is 0 Å². The van der Waals surface area contributed by atoms with Crippen LogP contribution in [0.5, 0.6) is 0 Å². The van der Waals surface area contributed by atoms with Crippen molar-refractivity contribution in [1.29, 1.82) is 0 Å². The minimum atomic E-state index is -0.916. The van der Waals surface area contributed by atoms with E-state index in [1.54, 1.807) is 27.7 Å². The van der Waals surface area contributed by atoms with E-state index in [1.807, 2.05) is 77.9 Å². The SMILES string of the molecule is CC(=O)OC(C)=O.CCN1OC(C)(C)C(O)=C(c2cc(C)ccc2C)C1=O.CCN1OC(C)(C)C(OC(C)=O)=C(c2cc(C)ccc2C)C1=O. The highest BCUT2D eigenvalue weighted by Crippen LogP contribution is 2.39. The van der Waals surface area contributed by atoms with Crippen LogP contribution in [0.25, 0.3) is 11.1 Å². The van der Waals surface area contributed by atoms with Crippen molar-refractivity contribution in [2.45, 2.75) is 101 Å². The predicted octanol–water partition coefficient (Wildman–Crippen LogP) is 6.39. The summed E-state index contributed by atoms with van der Waals surface area (Å²) in [6.45, 7) is 23.1. The second-order valence-electron chi connectivity index (χ2n) is 12.9. The lowest BCUT2D eigenvalue weighted by molar-refractivity contribution is -0.229. The van der Waals surface area contributed by atoms with Gasteiger partial charge >= 0.3 is 17.9 Å². The molecule has 1 N–H and O–H groups in total. The molecule has 2 aromatic rings. The van der Waals surface area contributed by atoms with Crippen LogP contribution in [0.4, 0.5) is 0 Å². The van der Waals surface area contributed by atoms with Crippen LogP contribution >= 0.6 is 0 Å². The number of carbonyl (C=O) groups is 5. The van der Waals surface area contributed by atoms with Gasteiger partial charge in [-0.05, 0) is 91.5 Å². The molecule has 0 aromatic heterocycles. The Hall–Kier alpha value is -4.81. The van der Waals surface area contributed by atoms with E-state index in [0.717, 1.165) is 33.4 Å². The molecule has 0 spiro atoms. The Morgan fingerprint density at radius 2 is 1.08 bits per heavy atom. The second kappa shape index (κ2) is 16.7. The van der Waals surface area contributed by atoms with Gasteiger partial charge in [-0.2, -0.15) is 0 Å². The van der Waals surface area contributed by atoms with Gasteiger partial charge in [0.15, 0.2) is 5.76 Å². The van der Waals surface area contributed by atoms with Crippen molar-refractivity contribution in [2.75, 3.05) is 13.1 Å². The summed E-state index contributed by atoms with van der Waals surface area (Å²) in [6, 6.07) is 11.7. The number of hydrogen-bond donors (Lipinski definition) is 1. The third-order valence-electron chi connectivity index (χ3n) is 7.57. The Labute approximate surface area is 294 Å². The largest absolute Gasteiger partial charge is 0.508 e. The fourth-order valence-corrected chi connectivity index (χ4v) is 5.20. The fraction of sp³-hybridized carbons (Fsp3) is 0.447. The van der Waals surface area contributed by atoms with Crippen molar-refractivity contribution in [3.8, 4) is 0 Å². The molecule has 0 bridgehead atoms. The van der Waals surface area contributed by atoms with Gasteiger partial charge in [-0.3, -0.25) is 33.6 Å². The molecule has 2 heterocycles. The molecule has 0 atom stereocenters. The zero-order valence-corrected chi connectivity index (χ0v) is 31.4. The summed E-state index contributed by atoms with van der Waals surface area (Å²) in [5.41, 5.74) is 4.41. The number of carbonyl (C=O) groups excluding carboxylic acids is 5. The van der Waals surface area contributed by atoms with E-state index in [-0.39, 0.29) is 23.3 Å². The summed E-state index contributed by atoms with van der Waals surface area (Å²) in [5, 5.41) is 13.1. The first kappa shape index (κ1) is 41.4. The number of benzene rings is 2. The summed E-state index contributed by atoms with van der Waals surface area (Å²) in [5.74, 6) is -1.94. The molecule has 2 aromatic carbocycles. The van der Waals surface area contributed by atoms with E-state index in [2.05, 4.69) is 4.74 Å². The molecular formula is C38H50N2O10. The van der Waals surface area contributed by atoms with E-state index in [4.69, 9.17) is 14.4 Å². The zero-order chi connectivity index (χ0) is 38.3. The normalized spacial score (nSPS) is 16.6. The quantitative estimate of drug-likeness (QED) is 0.276. The lowest BCUT2D eigenvalue weighted by Crippen LogP contribution is -2.47. The topological polar surface area (TPSA) is 149 Å². The second-order valence-corrected chi connectivity index (χ2v) is 12.9. The molecule has 2 amide bonds. The standard InChI is InChI=1S/C18H23NO4.C16H21NO3.C4H6O3/c1-7-19-17(21)15(14-10-11(2)8-9-12(14)3)16(22-13(4)20)18(5,6)23-19;1-6-17-15(19)13(14(18)16(4,5)20-17)12-9-10(2)7-8-11(12)3;1-3(5)7-4(2)6/h8-10H,7H2,1-6H3;7-9,18H,6H2,1-5H3;1-2H3. The molecule has 2 aliphatic heterocycles. The average Bonchev–Trinajstić information content (AvgIpc) is 3.00. The smallest absolute Gasteiger partial charge is 0.310 e. The number of hydrogen-bond acceptors (Lipinski definition) is 10. The monoisotopic (exact) mass is 694 g/mol. The number of ether oxygens (including phenoxy) is 2. The van der Waals surface area contributed by atoms with Crippen molar-refractivity contribution < 1.29 is 48.2 Å². The number of nitrogens with zero attached hydrogens (tertiary/aromatic N) is 2. The number of rotatable bonds is 5. The van der Waals surface area contributed by atoms with Crippen LogP contribution in [-0.2, 0) is 43.1 Å². The molecule has 4 rings (SSSR count). The maximum absolute atomic E-state index is 12.9. The van der Waals surface area contributed by atoms with E-state index in [9.17, 15) is 29.1 Å². The molecular weight excluding hydrogens is 644 g/mol. The van der Waals surface area contributed by atoms with E-state index in [0.29, 0.717) is 24.2 Å². The van der Waals surface area contributed by atoms with E-state index < -0.39 is 29.1 Å². The van der Waals surface area contributed by atoms with Gasteiger partial charge in [0.05, 0.1) is 11.1 Å². The molecule has 2 aliphatic rings. The van der Waals surface area contributed by atoms with Gasteiger partial charge in [0.25, 0.3) is 11.8 Å². The number of amides is 2. The van der Waals surface area contributed by atoms with Crippen LogP contribution in [0, 0.1) is 27.7 Å². The molecule has 0 radical (unpaired) electrons. The Kier molecular flexibility index (Phi) is 13.8. The number of likely N-dealkylation sites (N-methyl/N-ethyl adjacent to an activating group) is 2. The van der Waals surface area contributed by atoms with Crippen LogP contribution in [0.2, 0.25) is 0 Å². The first-order valence-electron chi connectivity index (χ1n) is 16.3. The molecule has 12 heteroatoms. The summed E-state index contributed by atoms with van der Waals surface area (Å²) in [6.07, 6.45) is 0. The van der Waals surface area contributed by atoms with E-state index in [1.165, 1.54) is 30.9 Å². The van der Waals surface area contributed by atoms with Crippen LogP contribution in [-0.4, -0.2) is 69.2 Å². The highest BCUT2D eigenvalue weighted by molar-refractivity contribution is 6.21. The number of aryl methyl sites for hydroxylation is 4. The third-order valence-corrected chi connectivity index (χ3v) is 7.57. The van der Waals surface area contributed by atoms with Gasteiger partial charge in [-0.15, -0.1) is 0 Å². The maximum Gasteiger partial charge on any atom is 0.310 e. The molecule has 0 saturated carbocycles. The van der Waals surface area contributed by atoms with Crippen molar-refractivity contribution in [3.05, 3.63) is 81.3 Å². The maximum atomic E-state index is 12.9. The van der Waals surface area contributed by atoms with Crippen molar-refractivity contribution in [3.63, 3.8) is 0 Å². The summed E-state index contributed by atoms with van der Waals surface area (Å²) in [4.78, 5) is 67.8. The van der Waals surface area contributed by atoms with Crippen LogP contribution in [0.1, 0.15) is 95.7 Å². The molecule has 0 aliphatic carbocycles. The molecule has 0 fully saturated rings. The molecule has 50 heavy (non-hydrogen) atoms. The highest BCUT2D eigenvalue weighted by atomic mass is 16.7. The summed E-state index contributed by atoms with van der Waals surface area (Å²) in [7, 11) is 0. The van der Waals surface area contributed by atoms with Crippen molar-refractivity contribution in [2.24, 2.45) is 0 Å². The Balaban J connectivity index is 0.000000294. The predicted molar refractivity (Wildman–Crippen MR) is 188 cm³/mol. The summed E-state index contributed by atoms with van der Waals surface area (Å²) >= 11 is 0. The van der Waals surface area contributed by atoms with Gasteiger partial charge in [-0.25, -0.2) is 10.1 Å². The van der Waals surface area contributed by atoms with Crippen molar-refractivity contribution in [1.82, 2.24) is 10.1 Å². The van der Waals surface area contributed by atoms with Gasteiger partial charge in [-0.1, -0.05) is 47.5 Å². The average molecular weight is 695 g/mol. The van der Waals surface area contributed by atoms with Gasteiger partial charge < -0.3 is 14.6 Å². The molecule has 12 nitrogen and oxygen atoms in total. The molecule has 0 saturated heterocycles. The van der Waals surface area contributed by atoms with Gasteiger partial charge in [0.1, 0.15) is 17.0 Å². The van der Waals surface area contributed by atoms with Crippen LogP contribution in [0.15, 0.2) is 47.9 Å². The minimum absolute atomic E-state index is 0.0131. The lowest BCUT2D eigenvalue weighted by atomic mass is 9.91. The zero-order valence-electron chi connectivity index (χ0n) is 31.4. The Morgan fingerprint density at radius 3 is 1.46 bits per heavy atom. The number of aliphatic hydroxyl groups excluding tert-OH is 1. The molecule has 272 valence electrons.